The van der Waals surface area contributed by atoms with Gasteiger partial charge in [0, 0.05) is 32.7 Å². The Balaban J connectivity index is -0.0000000257. The molecule has 18 heavy (non-hydrogen) atoms. The first-order chi connectivity index (χ1) is 6.93. The van der Waals surface area contributed by atoms with Gasteiger partial charge in [-0.25, -0.2) is 0 Å². The van der Waals surface area contributed by atoms with Crippen LogP contribution < -0.4 is 0 Å². The monoisotopic (exact) mass is 427 g/mol. The Hall–Kier alpha value is -1.21. The minimum atomic E-state index is -1.75. The summed E-state index contributed by atoms with van der Waals surface area (Å²) in [4.78, 5) is 33.0. The van der Waals surface area contributed by atoms with Gasteiger partial charge in [-0.2, -0.15) is 0 Å². The molecule has 99 valence electrons. The van der Waals surface area contributed by atoms with Crippen molar-refractivity contribution in [2.75, 3.05) is 0 Å². The van der Waals surface area contributed by atoms with Gasteiger partial charge in [0.05, 0.1) is 20.3 Å². The molecule has 0 bridgehead atoms. The first-order valence-electron chi connectivity index (χ1n) is 2.19. The minimum absolute atomic E-state index is 0. The number of hydrogen-bond acceptors (Lipinski definition) is 12. The van der Waals surface area contributed by atoms with Gasteiger partial charge < -0.3 is 61.3 Å². The van der Waals surface area contributed by atoms with Crippen molar-refractivity contribution in [3.8, 4) is 0 Å². The van der Waals surface area contributed by atoms with Crippen LogP contribution in [-0.2, 0) is 58.9 Å². The summed E-state index contributed by atoms with van der Waals surface area (Å²) < 4.78 is 0. The first-order valence-corrected chi connectivity index (χ1v) is 2.19. The van der Waals surface area contributed by atoms with E-state index in [9.17, 15) is 0 Å². The summed E-state index contributed by atoms with van der Waals surface area (Å²) in [6.45, 7) is 0. The predicted octanol–water partition coefficient (Wildman–Crippen LogP) is -0.961. The smallest absolute Gasteiger partial charge is 0.356 e. The topological polar surface area (TPSA) is 265 Å². The Morgan fingerprint density at radius 2 is 0.444 bits per heavy atom. The number of rotatable bonds is 0. The Morgan fingerprint density at radius 1 is 0.444 bits per heavy atom. The van der Waals surface area contributed by atoms with E-state index >= 15 is 0 Å². The van der Waals surface area contributed by atoms with Gasteiger partial charge in [-0.05, 0) is 0 Å². The normalized spacial score (nSPS) is 5.33. The molecule has 0 N–H and O–H groups in total. The van der Waals surface area contributed by atoms with Crippen molar-refractivity contribution in [3.63, 3.8) is 0 Å². The van der Waals surface area contributed by atoms with Crippen LogP contribution in [0.5, 0.6) is 0 Å². The standard InChI is InChI=1S/4NO3.Y.Zr/c4*2-1(3)4;;/q4*-1;;+4. The maximum atomic E-state index is 8.25. The van der Waals surface area contributed by atoms with Gasteiger partial charge in [0.15, 0.2) is 0 Å². The van der Waals surface area contributed by atoms with Crippen LogP contribution in [0.25, 0.3) is 0 Å². The fraction of sp³-hybridized carbons (Fsp3) is 0. The van der Waals surface area contributed by atoms with E-state index in [0.29, 0.717) is 0 Å². The molecule has 0 saturated heterocycles. The van der Waals surface area contributed by atoms with E-state index in [0.717, 1.165) is 0 Å². The second-order valence-corrected chi connectivity index (χ2v) is 0.894. The van der Waals surface area contributed by atoms with Crippen molar-refractivity contribution in [1.29, 1.82) is 0 Å². The summed E-state index contributed by atoms with van der Waals surface area (Å²) in [6.07, 6.45) is 0. The van der Waals surface area contributed by atoms with E-state index in [4.69, 9.17) is 61.3 Å². The maximum Gasteiger partial charge on any atom is 4.00 e. The van der Waals surface area contributed by atoms with Gasteiger partial charge in [0.2, 0.25) is 0 Å². The summed E-state index contributed by atoms with van der Waals surface area (Å²) in [5.41, 5.74) is 0. The molecule has 0 aromatic heterocycles. The third kappa shape index (κ3) is 1910. The molecule has 0 aromatic carbocycles. The molecule has 1 radical (unpaired) electrons. The van der Waals surface area contributed by atoms with Crippen molar-refractivity contribution >= 4 is 0 Å². The molecule has 0 unspecified atom stereocenters. The number of hydrogen-bond donors (Lipinski definition) is 0. The molecule has 0 aromatic rings. The molecule has 0 aliphatic rings. The van der Waals surface area contributed by atoms with Crippen molar-refractivity contribution in [3.05, 3.63) is 61.3 Å². The second-order valence-electron chi connectivity index (χ2n) is 0.894. The van der Waals surface area contributed by atoms with E-state index in [2.05, 4.69) is 0 Å². The SMILES string of the molecule is O=[N+]([O-])[O-].O=[N+]([O-])[O-].O=[N+]([O-])[O-].O=[N+]([O-])[O-].[Y].[Zr+4]. The van der Waals surface area contributed by atoms with Gasteiger partial charge in [0.1, 0.15) is 0 Å². The predicted molar refractivity (Wildman–Crippen MR) is 41.4 cm³/mol. The summed E-state index contributed by atoms with van der Waals surface area (Å²) in [5.74, 6) is 0. The minimum Gasteiger partial charge on any atom is -0.356 e. The van der Waals surface area contributed by atoms with Gasteiger partial charge in [-0.1, -0.05) is 0 Å². The zero-order valence-electron chi connectivity index (χ0n) is 7.77. The van der Waals surface area contributed by atoms with E-state index in [1.165, 1.54) is 0 Å². The third-order valence-corrected chi connectivity index (χ3v) is 0. The van der Waals surface area contributed by atoms with Crippen LogP contribution in [-0.4, -0.2) is 20.3 Å². The molecule has 18 heteroatoms. The largest absolute Gasteiger partial charge is 4.00 e. The Labute approximate surface area is 140 Å². The van der Waals surface area contributed by atoms with Crippen LogP contribution >= 0.6 is 0 Å². The van der Waals surface area contributed by atoms with Crippen molar-refractivity contribution in [2.45, 2.75) is 0 Å². The van der Waals surface area contributed by atoms with Crippen LogP contribution in [0.2, 0.25) is 0 Å². The molecule has 0 amide bonds. The molecule has 0 saturated carbocycles. The molecule has 0 atom stereocenters. The summed E-state index contributed by atoms with van der Waals surface area (Å²) in [5, 5.41) is 59.0. The van der Waals surface area contributed by atoms with Crippen molar-refractivity contribution in [1.82, 2.24) is 0 Å². The Kier molecular flexibility index (Phi) is 59.3. The third-order valence-electron chi connectivity index (χ3n) is 0. The summed E-state index contributed by atoms with van der Waals surface area (Å²) >= 11 is 0. The van der Waals surface area contributed by atoms with Gasteiger partial charge in [-0.15, -0.1) is 0 Å². The van der Waals surface area contributed by atoms with E-state index in [1.807, 2.05) is 0 Å². The van der Waals surface area contributed by atoms with Gasteiger partial charge in [0.25, 0.3) is 0 Å². The first kappa shape index (κ1) is 36.0. The van der Waals surface area contributed by atoms with E-state index in [-0.39, 0.29) is 58.9 Å². The molecular weight excluding hydrogens is 428 g/mol. The van der Waals surface area contributed by atoms with Crippen molar-refractivity contribution < 1.29 is 79.3 Å². The van der Waals surface area contributed by atoms with Crippen LogP contribution in [0, 0.1) is 61.3 Å². The van der Waals surface area contributed by atoms with E-state index < -0.39 is 20.3 Å². The molecule has 16 nitrogen and oxygen atoms in total. The molecule has 0 aliphatic carbocycles. The molecule has 0 fully saturated rings. The number of nitrogens with zero attached hydrogens (tertiary/aromatic N) is 4. The molecule has 0 spiro atoms. The fourth-order valence-electron chi connectivity index (χ4n) is 0. The molecule has 0 rings (SSSR count). The van der Waals surface area contributed by atoms with Gasteiger partial charge >= 0.3 is 26.2 Å². The average molecular weight is 428 g/mol. The molecule has 0 heterocycles. The quantitative estimate of drug-likeness (QED) is 0.333. The van der Waals surface area contributed by atoms with Crippen LogP contribution in [0.15, 0.2) is 0 Å². The zero-order chi connectivity index (χ0) is 14.3. The maximum absolute atomic E-state index is 8.25. The fourth-order valence-corrected chi connectivity index (χ4v) is 0. The van der Waals surface area contributed by atoms with Crippen LogP contribution in [0.4, 0.5) is 0 Å². The average Bonchev–Trinajstić information content (AvgIpc) is 1.76. The van der Waals surface area contributed by atoms with Crippen LogP contribution in [0.3, 0.4) is 0 Å². The van der Waals surface area contributed by atoms with E-state index in [1.54, 1.807) is 0 Å². The summed E-state index contributed by atoms with van der Waals surface area (Å²) in [7, 11) is 0. The molecule has 0 aliphatic heterocycles. The Bertz CT molecular complexity index is 164. The zero-order valence-corrected chi connectivity index (χ0v) is 13.1. The van der Waals surface area contributed by atoms with Crippen molar-refractivity contribution in [2.24, 2.45) is 0 Å². The van der Waals surface area contributed by atoms with Gasteiger partial charge in [-0.3, -0.25) is 0 Å². The second kappa shape index (κ2) is 29.7. The Morgan fingerprint density at radius 3 is 0.444 bits per heavy atom. The molecular formula is N4O12YZr. The summed E-state index contributed by atoms with van der Waals surface area (Å²) in [6, 6.07) is 0. The van der Waals surface area contributed by atoms with Crippen LogP contribution in [0.1, 0.15) is 0 Å².